The van der Waals surface area contributed by atoms with E-state index in [1.54, 1.807) is 0 Å². The molecule has 19 heavy (non-hydrogen) atoms. The van der Waals surface area contributed by atoms with E-state index < -0.39 is 5.60 Å². The van der Waals surface area contributed by atoms with Crippen molar-refractivity contribution in [3.8, 4) is 0 Å². The lowest BCUT2D eigenvalue weighted by Crippen LogP contribution is -2.51. The Bertz CT molecular complexity index is 310. The summed E-state index contributed by atoms with van der Waals surface area (Å²) in [7, 11) is 4.17. The molecule has 1 rings (SSSR count). The van der Waals surface area contributed by atoms with Gasteiger partial charge in [-0.2, -0.15) is 0 Å². The van der Waals surface area contributed by atoms with E-state index in [1.807, 2.05) is 25.7 Å². The maximum atomic E-state index is 12.2. The Labute approximate surface area is 118 Å². The van der Waals surface area contributed by atoms with Crippen molar-refractivity contribution >= 4 is 6.09 Å². The fourth-order valence-electron chi connectivity index (χ4n) is 2.67. The van der Waals surface area contributed by atoms with Crippen LogP contribution in [-0.2, 0) is 4.74 Å². The zero-order chi connectivity index (χ0) is 14.8. The predicted octanol–water partition coefficient (Wildman–Crippen LogP) is 2.69. The number of likely N-dealkylation sites (tertiary alicyclic amines) is 1. The summed E-state index contributed by atoms with van der Waals surface area (Å²) in [4.78, 5) is 16.3. The molecular formula is C15H30N2O2. The minimum Gasteiger partial charge on any atom is -0.444 e. The van der Waals surface area contributed by atoms with E-state index in [-0.39, 0.29) is 6.09 Å². The molecule has 3 atom stereocenters. The number of amides is 1. The highest BCUT2D eigenvalue weighted by atomic mass is 16.6. The van der Waals surface area contributed by atoms with Gasteiger partial charge in [-0.3, -0.25) is 0 Å². The molecule has 0 aliphatic carbocycles. The molecule has 0 bridgehead atoms. The molecule has 0 aromatic rings. The first-order valence-corrected chi connectivity index (χ1v) is 7.23. The van der Waals surface area contributed by atoms with Crippen molar-refractivity contribution in [1.82, 2.24) is 9.80 Å². The van der Waals surface area contributed by atoms with E-state index in [0.717, 1.165) is 19.6 Å². The number of carbonyl (C=O) groups is 1. The van der Waals surface area contributed by atoms with Crippen molar-refractivity contribution in [2.45, 2.75) is 40.2 Å². The van der Waals surface area contributed by atoms with Crippen molar-refractivity contribution in [3.63, 3.8) is 0 Å². The maximum absolute atomic E-state index is 12.2. The van der Waals surface area contributed by atoms with Crippen LogP contribution in [0.25, 0.3) is 0 Å². The molecule has 0 aromatic heterocycles. The molecular weight excluding hydrogens is 240 g/mol. The summed E-state index contributed by atoms with van der Waals surface area (Å²) < 4.78 is 5.49. The largest absolute Gasteiger partial charge is 0.444 e. The topological polar surface area (TPSA) is 32.8 Å². The number of carbonyl (C=O) groups excluding carboxylic acids is 1. The third-order valence-corrected chi connectivity index (χ3v) is 3.86. The second kappa shape index (κ2) is 6.12. The quantitative estimate of drug-likeness (QED) is 0.773. The average Bonchev–Trinajstić information content (AvgIpc) is 2.21. The van der Waals surface area contributed by atoms with Crippen LogP contribution in [0.15, 0.2) is 0 Å². The third-order valence-electron chi connectivity index (χ3n) is 3.86. The molecule has 1 fully saturated rings. The van der Waals surface area contributed by atoms with Gasteiger partial charge in [-0.15, -0.1) is 0 Å². The van der Waals surface area contributed by atoms with Crippen LogP contribution in [0.2, 0.25) is 0 Å². The number of hydrogen-bond acceptors (Lipinski definition) is 3. The lowest BCUT2D eigenvalue weighted by molar-refractivity contribution is -0.00128. The Balaban J connectivity index is 2.68. The van der Waals surface area contributed by atoms with Gasteiger partial charge in [0.15, 0.2) is 0 Å². The second-order valence-corrected chi connectivity index (χ2v) is 7.24. The molecule has 1 aliphatic rings. The fourth-order valence-corrected chi connectivity index (χ4v) is 2.67. The molecule has 0 aromatic carbocycles. The van der Waals surface area contributed by atoms with E-state index in [4.69, 9.17) is 4.74 Å². The Morgan fingerprint density at radius 3 is 2.32 bits per heavy atom. The van der Waals surface area contributed by atoms with Gasteiger partial charge in [0, 0.05) is 19.6 Å². The first-order chi connectivity index (χ1) is 8.60. The fraction of sp³-hybridized carbons (Fsp3) is 0.933. The zero-order valence-electron chi connectivity index (χ0n) is 13.6. The van der Waals surface area contributed by atoms with E-state index in [2.05, 4.69) is 32.8 Å². The molecule has 4 heteroatoms. The summed E-state index contributed by atoms with van der Waals surface area (Å²) in [5.74, 6) is 1.68. The average molecular weight is 270 g/mol. The number of rotatable bonds is 2. The SMILES string of the molecule is CC1CN(C(=O)OC(C)(C)C)C[C@@H](CN(C)C)[C@H]1C. The molecule has 112 valence electrons. The summed E-state index contributed by atoms with van der Waals surface area (Å²) >= 11 is 0. The van der Waals surface area contributed by atoms with Crippen LogP contribution < -0.4 is 0 Å². The number of hydrogen-bond donors (Lipinski definition) is 0. The Morgan fingerprint density at radius 1 is 1.26 bits per heavy atom. The number of ether oxygens (including phenoxy) is 1. The number of piperidine rings is 1. The van der Waals surface area contributed by atoms with Gasteiger partial charge in [-0.05, 0) is 52.6 Å². The van der Waals surface area contributed by atoms with Crippen LogP contribution in [-0.4, -0.2) is 55.2 Å². The smallest absolute Gasteiger partial charge is 0.410 e. The summed E-state index contributed by atoms with van der Waals surface area (Å²) in [6, 6.07) is 0. The highest BCUT2D eigenvalue weighted by Gasteiger charge is 2.35. The minimum atomic E-state index is -0.416. The molecule has 0 radical (unpaired) electrons. The van der Waals surface area contributed by atoms with Crippen molar-refractivity contribution in [2.24, 2.45) is 17.8 Å². The molecule has 1 heterocycles. The first kappa shape index (κ1) is 16.3. The summed E-state index contributed by atoms with van der Waals surface area (Å²) in [5, 5.41) is 0. The van der Waals surface area contributed by atoms with E-state index in [1.165, 1.54) is 0 Å². The number of nitrogens with zero attached hydrogens (tertiary/aromatic N) is 2. The standard InChI is InChI=1S/C15H30N2O2/c1-11-8-17(14(18)19-15(3,4)5)10-13(12(11)2)9-16(6)7/h11-13H,8-10H2,1-7H3/t11?,12-,13+/m0/s1. The Kier molecular flexibility index (Phi) is 5.25. The van der Waals surface area contributed by atoms with E-state index >= 15 is 0 Å². The minimum absolute atomic E-state index is 0.171. The lowest BCUT2D eigenvalue weighted by atomic mass is 9.80. The van der Waals surface area contributed by atoms with Crippen LogP contribution >= 0.6 is 0 Å². The van der Waals surface area contributed by atoms with Gasteiger partial charge in [0.1, 0.15) is 5.60 Å². The molecule has 0 saturated carbocycles. The van der Waals surface area contributed by atoms with Crippen LogP contribution in [0.5, 0.6) is 0 Å². The molecule has 1 unspecified atom stereocenters. The molecule has 4 nitrogen and oxygen atoms in total. The maximum Gasteiger partial charge on any atom is 0.410 e. The second-order valence-electron chi connectivity index (χ2n) is 7.24. The van der Waals surface area contributed by atoms with Gasteiger partial charge in [-0.1, -0.05) is 13.8 Å². The highest BCUT2D eigenvalue weighted by Crippen LogP contribution is 2.29. The van der Waals surface area contributed by atoms with Gasteiger partial charge in [0.2, 0.25) is 0 Å². The van der Waals surface area contributed by atoms with Crippen LogP contribution in [0.1, 0.15) is 34.6 Å². The van der Waals surface area contributed by atoms with E-state index in [0.29, 0.717) is 17.8 Å². The summed E-state index contributed by atoms with van der Waals surface area (Å²) in [5.41, 5.74) is -0.416. The van der Waals surface area contributed by atoms with Gasteiger partial charge in [0.05, 0.1) is 0 Å². The third kappa shape index (κ3) is 5.01. The normalized spacial score (nSPS) is 28.6. The zero-order valence-corrected chi connectivity index (χ0v) is 13.6. The summed E-state index contributed by atoms with van der Waals surface area (Å²) in [6.45, 7) is 12.9. The summed E-state index contributed by atoms with van der Waals surface area (Å²) in [6.07, 6.45) is -0.171. The van der Waals surface area contributed by atoms with E-state index in [9.17, 15) is 4.79 Å². The van der Waals surface area contributed by atoms with Gasteiger partial charge in [-0.25, -0.2) is 4.79 Å². The lowest BCUT2D eigenvalue weighted by Gasteiger charge is -2.42. The Hall–Kier alpha value is -0.770. The van der Waals surface area contributed by atoms with Crippen molar-refractivity contribution in [2.75, 3.05) is 33.7 Å². The molecule has 1 amide bonds. The predicted molar refractivity (Wildman–Crippen MR) is 78.2 cm³/mol. The molecule has 1 saturated heterocycles. The van der Waals surface area contributed by atoms with Gasteiger partial charge < -0.3 is 14.5 Å². The molecule has 0 spiro atoms. The van der Waals surface area contributed by atoms with Gasteiger partial charge >= 0.3 is 6.09 Å². The first-order valence-electron chi connectivity index (χ1n) is 7.23. The van der Waals surface area contributed by atoms with Crippen molar-refractivity contribution in [1.29, 1.82) is 0 Å². The Morgan fingerprint density at radius 2 is 1.84 bits per heavy atom. The van der Waals surface area contributed by atoms with Crippen molar-refractivity contribution in [3.05, 3.63) is 0 Å². The monoisotopic (exact) mass is 270 g/mol. The highest BCUT2D eigenvalue weighted by molar-refractivity contribution is 5.68. The van der Waals surface area contributed by atoms with Crippen molar-refractivity contribution < 1.29 is 9.53 Å². The van der Waals surface area contributed by atoms with Crippen LogP contribution in [0, 0.1) is 17.8 Å². The van der Waals surface area contributed by atoms with Gasteiger partial charge in [0.25, 0.3) is 0 Å². The molecule has 1 aliphatic heterocycles. The van der Waals surface area contributed by atoms with Crippen LogP contribution in [0.4, 0.5) is 4.79 Å². The van der Waals surface area contributed by atoms with Crippen LogP contribution in [0.3, 0.4) is 0 Å². The molecule has 0 N–H and O–H groups in total.